The molecule has 28 heavy (non-hydrogen) atoms. The van der Waals surface area contributed by atoms with Gasteiger partial charge in [-0.2, -0.15) is 4.98 Å². The van der Waals surface area contributed by atoms with Gasteiger partial charge in [0.25, 0.3) is 0 Å². The fourth-order valence-electron chi connectivity index (χ4n) is 3.67. The molecule has 1 atom stereocenters. The lowest BCUT2D eigenvalue weighted by Crippen LogP contribution is -2.42. The van der Waals surface area contributed by atoms with Gasteiger partial charge in [0, 0.05) is 36.1 Å². The molecule has 9 heteroatoms. The SMILES string of the molecule is Cl.O=C(NCC1CCNC1)C1CCN(c2nc(-c3ccc(Cl)cc3)no2)CC1. The average molecular weight is 426 g/mol. The maximum absolute atomic E-state index is 12.4. The van der Waals surface area contributed by atoms with Crippen molar-refractivity contribution in [2.24, 2.45) is 11.8 Å². The lowest BCUT2D eigenvalue weighted by Gasteiger charge is -2.29. The quantitative estimate of drug-likeness (QED) is 0.765. The largest absolute Gasteiger partial charge is 0.356 e. The van der Waals surface area contributed by atoms with Crippen LogP contribution >= 0.6 is 24.0 Å². The molecular formula is C19H25Cl2N5O2. The summed E-state index contributed by atoms with van der Waals surface area (Å²) in [6.45, 7) is 4.32. The number of hydrogen-bond acceptors (Lipinski definition) is 6. The Hall–Kier alpha value is -1.83. The summed E-state index contributed by atoms with van der Waals surface area (Å²) in [7, 11) is 0. The molecule has 3 heterocycles. The first-order valence-electron chi connectivity index (χ1n) is 9.52. The zero-order valence-corrected chi connectivity index (χ0v) is 17.1. The van der Waals surface area contributed by atoms with Crippen LogP contribution in [0.5, 0.6) is 0 Å². The van der Waals surface area contributed by atoms with Gasteiger partial charge in [-0.15, -0.1) is 12.4 Å². The van der Waals surface area contributed by atoms with Crippen LogP contribution in [0.1, 0.15) is 19.3 Å². The van der Waals surface area contributed by atoms with Gasteiger partial charge in [-0.1, -0.05) is 16.8 Å². The summed E-state index contributed by atoms with van der Waals surface area (Å²) in [5.74, 6) is 1.36. The molecule has 0 aliphatic carbocycles. The van der Waals surface area contributed by atoms with Crippen LogP contribution in [0.15, 0.2) is 28.8 Å². The van der Waals surface area contributed by atoms with Gasteiger partial charge < -0.3 is 20.1 Å². The number of carbonyl (C=O) groups excluding carboxylic acids is 1. The zero-order valence-electron chi connectivity index (χ0n) is 15.6. The summed E-state index contributed by atoms with van der Waals surface area (Å²) < 4.78 is 5.42. The van der Waals surface area contributed by atoms with Crippen molar-refractivity contribution in [3.63, 3.8) is 0 Å². The smallest absolute Gasteiger partial charge is 0.324 e. The molecule has 2 aliphatic rings. The molecule has 1 amide bonds. The second-order valence-electron chi connectivity index (χ2n) is 7.27. The first-order valence-corrected chi connectivity index (χ1v) is 9.90. The number of nitrogens with one attached hydrogen (secondary N) is 2. The highest BCUT2D eigenvalue weighted by molar-refractivity contribution is 6.30. The monoisotopic (exact) mass is 425 g/mol. The Kier molecular flexibility index (Phi) is 7.15. The number of nitrogens with zero attached hydrogens (tertiary/aromatic N) is 3. The van der Waals surface area contributed by atoms with Gasteiger partial charge in [0.15, 0.2) is 0 Å². The molecule has 152 valence electrons. The highest BCUT2D eigenvalue weighted by atomic mass is 35.5. The highest BCUT2D eigenvalue weighted by Gasteiger charge is 2.28. The second-order valence-corrected chi connectivity index (χ2v) is 7.71. The summed E-state index contributed by atoms with van der Waals surface area (Å²) in [5, 5.41) is 11.2. The van der Waals surface area contributed by atoms with Gasteiger partial charge in [-0.05, 0) is 62.5 Å². The average Bonchev–Trinajstić information content (AvgIpc) is 3.39. The van der Waals surface area contributed by atoms with E-state index < -0.39 is 0 Å². The van der Waals surface area contributed by atoms with E-state index in [4.69, 9.17) is 16.1 Å². The third-order valence-electron chi connectivity index (χ3n) is 5.38. The first kappa shape index (κ1) is 20.9. The van der Waals surface area contributed by atoms with Crippen LogP contribution < -0.4 is 15.5 Å². The Labute approximate surface area is 175 Å². The molecule has 1 unspecified atom stereocenters. The second kappa shape index (κ2) is 9.58. The van der Waals surface area contributed by atoms with Gasteiger partial charge >= 0.3 is 6.01 Å². The molecule has 0 saturated carbocycles. The van der Waals surface area contributed by atoms with Crippen LogP contribution in [-0.4, -0.2) is 48.8 Å². The van der Waals surface area contributed by atoms with Crippen LogP contribution in [0.2, 0.25) is 5.02 Å². The summed E-state index contributed by atoms with van der Waals surface area (Å²) in [5.41, 5.74) is 0.866. The van der Waals surface area contributed by atoms with Crippen LogP contribution in [0.25, 0.3) is 11.4 Å². The number of carbonyl (C=O) groups is 1. The molecule has 0 bridgehead atoms. The van der Waals surface area contributed by atoms with Crippen molar-refractivity contribution in [1.29, 1.82) is 0 Å². The number of halogens is 2. The molecule has 0 radical (unpaired) electrons. The predicted molar refractivity (Wildman–Crippen MR) is 111 cm³/mol. The van der Waals surface area contributed by atoms with Crippen molar-refractivity contribution in [3.05, 3.63) is 29.3 Å². The Balaban J connectivity index is 0.00000225. The Bertz CT molecular complexity index is 769. The lowest BCUT2D eigenvalue weighted by molar-refractivity contribution is -0.125. The molecule has 2 saturated heterocycles. The van der Waals surface area contributed by atoms with Gasteiger partial charge in [0.2, 0.25) is 11.7 Å². The van der Waals surface area contributed by atoms with Gasteiger partial charge in [-0.3, -0.25) is 4.79 Å². The summed E-state index contributed by atoms with van der Waals surface area (Å²) >= 11 is 5.92. The minimum Gasteiger partial charge on any atom is -0.356 e. The van der Waals surface area contributed by atoms with Gasteiger partial charge in [0.1, 0.15) is 0 Å². The molecule has 1 aromatic carbocycles. The Morgan fingerprint density at radius 3 is 2.68 bits per heavy atom. The molecule has 2 aromatic rings. The molecular weight excluding hydrogens is 401 g/mol. The van der Waals surface area contributed by atoms with Crippen molar-refractivity contribution in [3.8, 4) is 11.4 Å². The molecule has 0 spiro atoms. The van der Waals surface area contributed by atoms with E-state index in [2.05, 4.69) is 25.7 Å². The van der Waals surface area contributed by atoms with Crippen molar-refractivity contribution in [2.45, 2.75) is 19.3 Å². The van der Waals surface area contributed by atoms with Gasteiger partial charge in [0.05, 0.1) is 0 Å². The number of benzene rings is 1. The molecule has 2 aliphatic heterocycles. The molecule has 4 rings (SSSR count). The lowest BCUT2D eigenvalue weighted by atomic mass is 9.96. The minimum absolute atomic E-state index is 0. The van der Waals surface area contributed by atoms with Crippen LogP contribution in [0, 0.1) is 11.8 Å². The minimum atomic E-state index is 0. The maximum Gasteiger partial charge on any atom is 0.324 e. The van der Waals surface area contributed by atoms with Crippen molar-refractivity contribution in [1.82, 2.24) is 20.8 Å². The third kappa shape index (κ3) is 4.96. The number of hydrogen-bond donors (Lipinski definition) is 2. The maximum atomic E-state index is 12.4. The number of aromatic nitrogens is 2. The Morgan fingerprint density at radius 2 is 2.00 bits per heavy atom. The first-order chi connectivity index (χ1) is 13.2. The highest BCUT2D eigenvalue weighted by Crippen LogP contribution is 2.25. The van der Waals surface area contributed by atoms with E-state index in [0.29, 0.717) is 22.8 Å². The van der Waals surface area contributed by atoms with E-state index in [1.54, 1.807) is 12.1 Å². The standard InChI is InChI=1S/C19H24ClN5O2.ClH/c20-16-3-1-14(2-4-16)17-23-19(27-24-17)25-9-6-15(7-10-25)18(26)22-12-13-5-8-21-11-13;/h1-4,13,15,21H,5-12H2,(H,22,26);1H. The van der Waals surface area contributed by atoms with E-state index in [9.17, 15) is 4.79 Å². The normalized spacial score (nSPS) is 20.0. The Morgan fingerprint density at radius 1 is 1.25 bits per heavy atom. The van der Waals surface area contributed by atoms with E-state index in [0.717, 1.165) is 57.5 Å². The molecule has 2 N–H and O–H groups in total. The topological polar surface area (TPSA) is 83.3 Å². The van der Waals surface area contributed by atoms with Crippen molar-refractivity contribution < 1.29 is 9.32 Å². The summed E-state index contributed by atoms with van der Waals surface area (Å²) in [4.78, 5) is 18.9. The zero-order chi connectivity index (χ0) is 18.6. The van der Waals surface area contributed by atoms with E-state index in [-0.39, 0.29) is 24.2 Å². The predicted octanol–water partition coefficient (Wildman–Crippen LogP) is 2.75. The summed E-state index contributed by atoms with van der Waals surface area (Å²) in [6, 6.07) is 7.86. The number of piperidine rings is 1. The fraction of sp³-hybridized carbons (Fsp3) is 0.526. The van der Waals surface area contributed by atoms with E-state index in [1.807, 2.05) is 12.1 Å². The fourth-order valence-corrected chi connectivity index (χ4v) is 3.80. The molecule has 2 fully saturated rings. The van der Waals surface area contributed by atoms with Gasteiger partial charge in [-0.25, -0.2) is 0 Å². The molecule has 7 nitrogen and oxygen atoms in total. The van der Waals surface area contributed by atoms with Crippen molar-refractivity contribution >= 4 is 35.9 Å². The number of anilines is 1. The molecule has 1 aromatic heterocycles. The van der Waals surface area contributed by atoms with E-state index >= 15 is 0 Å². The van der Waals surface area contributed by atoms with Crippen molar-refractivity contribution in [2.75, 3.05) is 37.6 Å². The van der Waals surface area contributed by atoms with Crippen LogP contribution in [0.4, 0.5) is 6.01 Å². The third-order valence-corrected chi connectivity index (χ3v) is 5.63. The van der Waals surface area contributed by atoms with Crippen LogP contribution in [-0.2, 0) is 4.79 Å². The number of rotatable bonds is 5. The van der Waals surface area contributed by atoms with Crippen LogP contribution in [0.3, 0.4) is 0 Å². The van der Waals surface area contributed by atoms with E-state index in [1.165, 1.54) is 0 Å². The summed E-state index contributed by atoms with van der Waals surface area (Å²) in [6.07, 6.45) is 2.74. The number of amides is 1.